The van der Waals surface area contributed by atoms with Gasteiger partial charge in [-0.1, -0.05) is 17.3 Å². The van der Waals surface area contributed by atoms with Gasteiger partial charge in [-0.25, -0.2) is 0 Å². The molecule has 6 nitrogen and oxygen atoms in total. The zero-order valence-electron chi connectivity index (χ0n) is 13.5. The van der Waals surface area contributed by atoms with E-state index in [1.54, 1.807) is 12.1 Å². The van der Waals surface area contributed by atoms with E-state index in [9.17, 15) is 5.11 Å². The average molecular weight is 389 g/mol. The van der Waals surface area contributed by atoms with Gasteiger partial charge in [-0.3, -0.25) is 5.41 Å². The molecule has 0 radical (unpaired) electrons. The van der Waals surface area contributed by atoms with Crippen LogP contribution in [0.15, 0.2) is 33.4 Å². The second-order valence-electron chi connectivity index (χ2n) is 5.61. The first-order chi connectivity index (χ1) is 11.3. The summed E-state index contributed by atoms with van der Waals surface area (Å²) in [7, 11) is 1.84. The lowest BCUT2D eigenvalue weighted by Crippen LogP contribution is -2.16. The zero-order chi connectivity index (χ0) is 17.6. The minimum atomic E-state index is -0.0433. The summed E-state index contributed by atoms with van der Waals surface area (Å²) in [4.78, 5) is 0. The molecule has 3 rings (SSSR count). The first-order valence-corrected chi connectivity index (χ1v) is 8.07. The molecule has 0 aliphatic rings. The topological polar surface area (TPSA) is 101 Å². The average Bonchev–Trinajstić information content (AvgIpc) is 2.98. The summed E-state index contributed by atoms with van der Waals surface area (Å²) in [5, 5.41) is 21.6. The molecule has 0 atom stereocenters. The largest absolute Gasteiger partial charge is 0.508 e. The molecule has 0 amide bonds. The molecule has 124 valence electrons. The summed E-state index contributed by atoms with van der Waals surface area (Å²) in [6, 6.07) is 6.89. The molecule has 3 aromatic rings. The number of aryl methyl sites for hydroxylation is 2. The number of nitrogens with zero attached hydrogens (tertiary/aromatic N) is 2. The Labute approximate surface area is 147 Å². The fourth-order valence-corrected chi connectivity index (χ4v) is 3.55. The summed E-state index contributed by atoms with van der Waals surface area (Å²) in [6.07, 6.45) is 0. The van der Waals surface area contributed by atoms with Gasteiger partial charge in [0.2, 0.25) is 0 Å². The first kappa shape index (κ1) is 16.3. The number of rotatable bonds is 3. The molecule has 2 aromatic heterocycles. The van der Waals surface area contributed by atoms with Crippen molar-refractivity contribution in [3.8, 4) is 28.0 Å². The molecule has 0 aliphatic heterocycles. The summed E-state index contributed by atoms with van der Waals surface area (Å²) in [5.74, 6) is 0.808. The Bertz CT molecular complexity index is 919. The highest BCUT2D eigenvalue weighted by Gasteiger charge is 2.27. The zero-order valence-corrected chi connectivity index (χ0v) is 15.1. The van der Waals surface area contributed by atoms with E-state index in [4.69, 9.17) is 15.7 Å². The van der Waals surface area contributed by atoms with Crippen LogP contribution < -0.4 is 5.73 Å². The van der Waals surface area contributed by atoms with Crippen molar-refractivity contribution in [3.05, 3.63) is 46.0 Å². The Morgan fingerprint density at radius 1 is 1.21 bits per heavy atom. The number of hydrogen-bond acceptors (Lipinski definition) is 4. The lowest BCUT2D eigenvalue weighted by molar-refractivity contribution is 0.393. The predicted octanol–water partition coefficient (Wildman–Crippen LogP) is 3.72. The van der Waals surface area contributed by atoms with Crippen molar-refractivity contribution < 1.29 is 9.63 Å². The van der Waals surface area contributed by atoms with Crippen molar-refractivity contribution >= 4 is 21.8 Å². The van der Waals surface area contributed by atoms with Crippen molar-refractivity contribution in [3.63, 3.8) is 0 Å². The molecule has 0 bridgehead atoms. The van der Waals surface area contributed by atoms with E-state index in [-0.39, 0.29) is 11.6 Å². The molecular weight excluding hydrogens is 372 g/mol. The second kappa shape index (κ2) is 5.83. The van der Waals surface area contributed by atoms with Gasteiger partial charge in [-0.2, -0.15) is 0 Å². The molecule has 0 saturated carbocycles. The fraction of sp³-hybridized carbons (Fsp3) is 0.176. The molecule has 0 aliphatic carbocycles. The number of aromatic nitrogens is 2. The predicted molar refractivity (Wildman–Crippen MR) is 96.2 cm³/mol. The number of nitrogen functional groups attached to an aromatic ring is 1. The molecule has 0 unspecified atom stereocenters. The number of benzene rings is 1. The Hall–Kier alpha value is -2.54. The number of hydrogen-bond donors (Lipinski definition) is 3. The molecule has 7 heteroatoms. The van der Waals surface area contributed by atoms with Gasteiger partial charge in [0, 0.05) is 18.2 Å². The Balaban J connectivity index is 2.43. The number of phenolic OH excluding ortho intramolecular Hbond substituents is 1. The second-order valence-corrected chi connectivity index (χ2v) is 6.36. The van der Waals surface area contributed by atoms with Gasteiger partial charge in [-0.15, -0.1) is 0 Å². The van der Waals surface area contributed by atoms with Crippen LogP contribution in [-0.2, 0) is 7.05 Å². The molecule has 0 saturated heterocycles. The molecule has 0 spiro atoms. The van der Waals surface area contributed by atoms with E-state index in [0.717, 1.165) is 32.6 Å². The molecule has 2 heterocycles. The van der Waals surface area contributed by atoms with Gasteiger partial charge in [0.05, 0.1) is 21.6 Å². The smallest absolute Gasteiger partial charge is 0.141 e. The van der Waals surface area contributed by atoms with Gasteiger partial charge in [-0.05, 0) is 47.5 Å². The van der Waals surface area contributed by atoms with E-state index in [1.165, 1.54) is 0 Å². The van der Waals surface area contributed by atoms with Crippen molar-refractivity contribution in [1.82, 2.24) is 9.72 Å². The third-order valence-corrected chi connectivity index (χ3v) is 4.95. The van der Waals surface area contributed by atoms with Crippen LogP contribution in [0.3, 0.4) is 0 Å². The first-order valence-electron chi connectivity index (χ1n) is 7.28. The number of nitrogens with two attached hydrogens (primary N) is 1. The van der Waals surface area contributed by atoms with Crippen LogP contribution in [0.25, 0.3) is 22.3 Å². The Morgan fingerprint density at radius 3 is 2.33 bits per heavy atom. The Kier molecular flexibility index (Phi) is 3.96. The fourth-order valence-electron chi connectivity index (χ4n) is 2.95. The third kappa shape index (κ3) is 2.41. The highest BCUT2D eigenvalue weighted by molar-refractivity contribution is 9.10. The quantitative estimate of drug-likeness (QED) is 0.470. The molecule has 4 N–H and O–H groups in total. The number of nitrogens with one attached hydrogen (secondary N) is 1. The van der Waals surface area contributed by atoms with E-state index >= 15 is 0 Å². The number of aromatic hydroxyl groups is 1. The highest BCUT2D eigenvalue weighted by Crippen LogP contribution is 2.44. The maximum Gasteiger partial charge on any atom is 0.141 e. The minimum Gasteiger partial charge on any atom is -0.508 e. The maximum atomic E-state index is 9.57. The van der Waals surface area contributed by atoms with E-state index in [1.807, 2.05) is 37.6 Å². The van der Waals surface area contributed by atoms with Gasteiger partial charge < -0.3 is 19.9 Å². The number of amidine groups is 1. The van der Waals surface area contributed by atoms with Crippen molar-refractivity contribution in [1.29, 1.82) is 5.41 Å². The van der Waals surface area contributed by atoms with Crippen molar-refractivity contribution in [2.24, 2.45) is 12.8 Å². The van der Waals surface area contributed by atoms with Crippen LogP contribution in [0.2, 0.25) is 0 Å². The summed E-state index contributed by atoms with van der Waals surface area (Å²) >= 11 is 3.61. The lowest BCUT2D eigenvalue weighted by atomic mass is 9.95. The minimum absolute atomic E-state index is 0.0433. The van der Waals surface area contributed by atoms with E-state index in [0.29, 0.717) is 11.5 Å². The Morgan fingerprint density at radius 2 is 1.83 bits per heavy atom. The van der Waals surface area contributed by atoms with E-state index in [2.05, 4.69) is 21.1 Å². The third-order valence-electron chi connectivity index (χ3n) is 4.02. The monoisotopic (exact) mass is 388 g/mol. The van der Waals surface area contributed by atoms with Crippen LogP contribution in [0.5, 0.6) is 5.75 Å². The van der Waals surface area contributed by atoms with Gasteiger partial charge in [0.25, 0.3) is 0 Å². The number of halogens is 1. The molecule has 24 heavy (non-hydrogen) atoms. The van der Waals surface area contributed by atoms with Gasteiger partial charge in [0.1, 0.15) is 17.3 Å². The van der Waals surface area contributed by atoms with Crippen LogP contribution in [0.4, 0.5) is 0 Å². The highest BCUT2D eigenvalue weighted by atomic mass is 79.9. The standard InChI is InChI=1S/C17H17BrN4O2/c1-8-12(9(2)24-21-8)14-13(10-4-6-11(23)7-5-10)16(18)22(3)15(14)17(19)20/h4-7,23H,1-3H3,(H3,19,20). The summed E-state index contributed by atoms with van der Waals surface area (Å²) < 4.78 is 7.93. The molecule has 0 fully saturated rings. The van der Waals surface area contributed by atoms with Gasteiger partial charge >= 0.3 is 0 Å². The summed E-state index contributed by atoms with van der Waals surface area (Å²) in [6.45, 7) is 3.69. The van der Waals surface area contributed by atoms with Crippen molar-refractivity contribution in [2.45, 2.75) is 13.8 Å². The SMILES string of the molecule is Cc1noc(C)c1-c1c(-c2ccc(O)cc2)c(Br)n(C)c1C(=N)N. The molecular formula is C17H17BrN4O2. The normalized spacial score (nSPS) is 11.0. The van der Waals surface area contributed by atoms with Gasteiger partial charge in [0.15, 0.2) is 0 Å². The van der Waals surface area contributed by atoms with Crippen LogP contribution in [0, 0.1) is 19.3 Å². The van der Waals surface area contributed by atoms with Crippen LogP contribution in [0.1, 0.15) is 17.1 Å². The summed E-state index contributed by atoms with van der Waals surface area (Å²) in [5.41, 5.74) is 10.5. The van der Waals surface area contributed by atoms with E-state index < -0.39 is 0 Å². The lowest BCUT2D eigenvalue weighted by Gasteiger charge is -2.08. The maximum absolute atomic E-state index is 9.57. The molecule has 1 aromatic carbocycles. The van der Waals surface area contributed by atoms with Crippen LogP contribution >= 0.6 is 15.9 Å². The van der Waals surface area contributed by atoms with Crippen LogP contribution in [-0.4, -0.2) is 20.7 Å². The van der Waals surface area contributed by atoms with Crippen molar-refractivity contribution in [2.75, 3.05) is 0 Å². The number of phenols is 1.